The monoisotopic (exact) mass is 198 g/mol. The van der Waals surface area contributed by atoms with E-state index in [0.29, 0.717) is 5.92 Å². The Balaban J connectivity index is 2.47. The Labute approximate surface area is 82.2 Å². The van der Waals surface area contributed by atoms with E-state index < -0.39 is 0 Å². The van der Waals surface area contributed by atoms with Gasteiger partial charge < -0.3 is 9.67 Å². The first-order valence-electron chi connectivity index (χ1n) is 4.57. The van der Waals surface area contributed by atoms with Crippen molar-refractivity contribution in [1.82, 2.24) is 9.55 Å². The summed E-state index contributed by atoms with van der Waals surface area (Å²) >= 11 is 1.78. The number of hydrogen-bond donors (Lipinski definition) is 1. The number of fused-ring (bicyclic) bond motifs is 1. The summed E-state index contributed by atoms with van der Waals surface area (Å²) in [6.45, 7) is 5.33. The van der Waals surface area contributed by atoms with Crippen LogP contribution < -0.4 is 0 Å². The lowest BCUT2D eigenvalue weighted by atomic mass is 10.1. The molecule has 0 atom stereocenters. The van der Waals surface area contributed by atoms with Gasteiger partial charge in [0.25, 0.3) is 0 Å². The van der Waals surface area contributed by atoms with Gasteiger partial charge in [-0.2, -0.15) is 0 Å². The van der Waals surface area contributed by atoms with E-state index in [2.05, 4.69) is 23.4 Å². The minimum atomic E-state index is 0.112. The maximum absolute atomic E-state index is 9.25. The maximum atomic E-state index is 9.25. The summed E-state index contributed by atoms with van der Waals surface area (Å²) < 4.78 is 2.14. The van der Waals surface area contributed by atoms with Crippen molar-refractivity contribution in [1.29, 1.82) is 0 Å². The second-order valence-electron chi connectivity index (χ2n) is 3.54. The molecule has 0 radical (unpaired) electrons. The third-order valence-corrected chi connectivity index (χ3v) is 3.27. The van der Waals surface area contributed by atoms with Gasteiger partial charge in [-0.05, 0) is 5.92 Å². The van der Waals surface area contributed by atoms with Gasteiger partial charge >= 0.3 is 0 Å². The van der Waals surface area contributed by atoms with Crippen LogP contribution in [0.15, 0.2) is 5.16 Å². The highest BCUT2D eigenvalue weighted by atomic mass is 32.2. The van der Waals surface area contributed by atoms with Crippen LogP contribution in [0.3, 0.4) is 0 Å². The van der Waals surface area contributed by atoms with E-state index in [0.717, 1.165) is 28.8 Å². The van der Waals surface area contributed by atoms with Crippen LogP contribution in [-0.2, 0) is 13.2 Å². The van der Waals surface area contributed by atoms with Crippen molar-refractivity contribution in [3.8, 4) is 0 Å². The van der Waals surface area contributed by atoms with Crippen LogP contribution in [0.2, 0.25) is 0 Å². The molecule has 0 bridgehead atoms. The molecular weight excluding hydrogens is 184 g/mol. The van der Waals surface area contributed by atoms with Crippen LogP contribution >= 0.6 is 11.8 Å². The van der Waals surface area contributed by atoms with Gasteiger partial charge in [-0.25, -0.2) is 4.98 Å². The van der Waals surface area contributed by atoms with E-state index >= 15 is 0 Å². The van der Waals surface area contributed by atoms with Crippen LogP contribution in [0.4, 0.5) is 0 Å². The molecule has 1 aliphatic heterocycles. The number of hydrogen-bond acceptors (Lipinski definition) is 3. The standard InChI is InChI=1S/C9H14N2OS/c1-6(2)8-7(5-12)11-3-4-13-9(11)10-8/h6,12H,3-5H2,1-2H3. The zero-order chi connectivity index (χ0) is 9.42. The Kier molecular flexibility index (Phi) is 2.34. The topological polar surface area (TPSA) is 38.0 Å². The molecular formula is C9H14N2OS. The summed E-state index contributed by atoms with van der Waals surface area (Å²) in [5.41, 5.74) is 2.07. The van der Waals surface area contributed by atoms with Crippen molar-refractivity contribution in [3.05, 3.63) is 11.4 Å². The van der Waals surface area contributed by atoms with Crippen LogP contribution in [0.25, 0.3) is 0 Å². The SMILES string of the molecule is CC(C)c1nc2n(c1CO)CCS2. The van der Waals surface area contributed by atoms with Crippen molar-refractivity contribution >= 4 is 11.8 Å². The molecule has 0 saturated carbocycles. The van der Waals surface area contributed by atoms with Gasteiger partial charge in [0.05, 0.1) is 18.0 Å². The van der Waals surface area contributed by atoms with E-state index in [1.54, 1.807) is 11.8 Å². The number of aromatic nitrogens is 2. The van der Waals surface area contributed by atoms with E-state index in [9.17, 15) is 5.11 Å². The minimum absolute atomic E-state index is 0.112. The third kappa shape index (κ3) is 1.38. The zero-order valence-corrected chi connectivity index (χ0v) is 8.77. The molecule has 13 heavy (non-hydrogen) atoms. The molecule has 0 spiro atoms. The van der Waals surface area contributed by atoms with Crippen LogP contribution in [0.1, 0.15) is 31.2 Å². The van der Waals surface area contributed by atoms with E-state index in [1.807, 2.05) is 0 Å². The molecule has 4 heteroatoms. The Morgan fingerprint density at radius 1 is 1.62 bits per heavy atom. The smallest absolute Gasteiger partial charge is 0.168 e. The Morgan fingerprint density at radius 2 is 2.38 bits per heavy atom. The number of imidazole rings is 1. The summed E-state index contributed by atoms with van der Waals surface area (Å²) in [7, 11) is 0. The van der Waals surface area contributed by atoms with Crippen molar-refractivity contribution in [3.63, 3.8) is 0 Å². The zero-order valence-electron chi connectivity index (χ0n) is 7.95. The second-order valence-corrected chi connectivity index (χ2v) is 4.60. The predicted molar refractivity (Wildman–Crippen MR) is 53.0 cm³/mol. The molecule has 1 aromatic heterocycles. The summed E-state index contributed by atoms with van der Waals surface area (Å²) in [4.78, 5) is 4.53. The molecule has 0 fully saturated rings. The molecule has 0 saturated heterocycles. The van der Waals surface area contributed by atoms with Gasteiger partial charge in [-0.15, -0.1) is 0 Å². The first kappa shape index (κ1) is 9.09. The minimum Gasteiger partial charge on any atom is -0.390 e. The Hall–Kier alpha value is -0.480. The number of rotatable bonds is 2. The highest BCUT2D eigenvalue weighted by Crippen LogP contribution is 2.30. The van der Waals surface area contributed by atoms with Gasteiger partial charge in [0.15, 0.2) is 5.16 Å². The Bertz CT molecular complexity index is 320. The average molecular weight is 198 g/mol. The number of nitrogens with zero attached hydrogens (tertiary/aromatic N) is 2. The fraction of sp³-hybridized carbons (Fsp3) is 0.667. The lowest BCUT2D eigenvalue weighted by Crippen LogP contribution is -2.03. The molecule has 0 amide bonds. The average Bonchev–Trinajstić information content (AvgIpc) is 2.60. The van der Waals surface area contributed by atoms with Crippen LogP contribution in [-0.4, -0.2) is 20.4 Å². The summed E-state index contributed by atoms with van der Waals surface area (Å²) in [6.07, 6.45) is 0. The summed E-state index contributed by atoms with van der Waals surface area (Å²) in [5, 5.41) is 10.3. The molecule has 2 rings (SSSR count). The molecule has 3 nitrogen and oxygen atoms in total. The predicted octanol–water partition coefficient (Wildman–Crippen LogP) is 1.60. The number of aliphatic hydroxyl groups excluding tert-OH is 1. The third-order valence-electron chi connectivity index (χ3n) is 2.31. The Morgan fingerprint density at radius 3 is 3.00 bits per heavy atom. The number of aliphatic hydroxyl groups is 1. The quantitative estimate of drug-likeness (QED) is 0.784. The van der Waals surface area contributed by atoms with Crippen molar-refractivity contribution in [2.24, 2.45) is 0 Å². The number of thioether (sulfide) groups is 1. The summed E-state index contributed by atoms with van der Waals surface area (Å²) in [6, 6.07) is 0. The van der Waals surface area contributed by atoms with E-state index in [1.165, 1.54) is 0 Å². The molecule has 2 heterocycles. The molecule has 0 aliphatic carbocycles. The molecule has 1 aliphatic rings. The molecule has 1 N–H and O–H groups in total. The van der Waals surface area contributed by atoms with E-state index in [-0.39, 0.29) is 6.61 Å². The first-order chi connectivity index (χ1) is 6.24. The molecule has 0 unspecified atom stereocenters. The van der Waals surface area contributed by atoms with Gasteiger partial charge in [0, 0.05) is 12.3 Å². The van der Waals surface area contributed by atoms with Gasteiger partial charge in [-0.3, -0.25) is 0 Å². The largest absolute Gasteiger partial charge is 0.390 e. The van der Waals surface area contributed by atoms with Gasteiger partial charge in [0.1, 0.15) is 0 Å². The van der Waals surface area contributed by atoms with Crippen molar-refractivity contribution in [2.45, 2.75) is 38.1 Å². The lowest BCUT2D eigenvalue weighted by Gasteiger charge is -2.05. The molecule has 0 aromatic carbocycles. The fourth-order valence-electron chi connectivity index (χ4n) is 1.68. The normalized spacial score (nSPS) is 15.4. The summed E-state index contributed by atoms with van der Waals surface area (Å²) in [5.74, 6) is 1.49. The van der Waals surface area contributed by atoms with E-state index in [4.69, 9.17) is 0 Å². The van der Waals surface area contributed by atoms with Crippen LogP contribution in [0, 0.1) is 0 Å². The molecule has 72 valence electrons. The molecule has 1 aromatic rings. The highest BCUT2D eigenvalue weighted by molar-refractivity contribution is 7.99. The highest BCUT2D eigenvalue weighted by Gasteiger charge is 2.22. The maximum Gasteiger partial charge on any atom is 0.168 e. The first-order valence-corrected chi connectivity index (χ1v) is 5.55. The van der Waals surface area contributed by atoms with Crippen molar-refractivity contribution in [2.75, 3.05) is 5.75 Å². The fourth-order valence-corrected chi connectivity index (χ4v) is 2.66. The van der Waals surface area contributed by atoms with Gasteiger partial charge in [-0.1, -0.05) is 25.6 Å². The van der Waals surface area contributed by atoms with Crippen molar-refractivity contribution < 1.29 is 5.11 Å². The van der Waals surface area contributed by atoms with Gasteiger partial charge in [0.2, 0.25) is 0 Å². The van der Waals surface area contributed by atoms with Crippen LogP contribution in [0.5, 0.6) is 0 Å². The lowest BCUT2D eigenvalue weighted by molar-refractivity contribution is 0.268. The second kappa shape index (κ2) is 3.35.